The molecule has 0 spiro atoms. The van der Waals surface area contributed by atoms with Gasteiger partial charge in [-0.05, 0) is 11.6 Å². The lowest BCUT2D eigenvalue weighted by molar-refractivity contribution is -0.387. The number of rotatable bonds is 5. The van der Waals surface area contributed by atoms with Gasteiger partial charge in [0.1, 0.15) is 4.90 Å². The zero-order valence-electron chi connectivity index (χ0n) is 12.3. The van der Waals surface area contributed by atoms with Gasteiger partial charge in [0.2, 0.25) is 0 Å². The fraction of sp³-hybridized carbons (Fsp3) is 0. The molecule has 11 heteroatoms. The topological polar surface area (TPSA) is 152 Å². The Morgan fingerprint density at radius 3 is 1.96 bits per heavy atom. The first-order chi connectivity index (χ1) is 11.5. The Morgan fingerprint density at radius 1 is 0.840 bits per heavy atom. The first-order valence-corrected chi connectivity index (χ1v) is 9.39. The molecular formula is C14H11NO8S2. The van der Waals surface area contributed by atoms with Crippen molar-refractivity contribution < 1.29 is 30.9 Å². The molecule has 0 saturated heterocycles. The van der Waals surface area contributed by atoms with Gasteiger partial charge in [0.05, 0.1) is 4.92 Å². The summed E-state index contributed by atoms with van der Waals surface area (Å²) in [5, 5.41) is 11.0. The maximum Gasteiger partial charge on any atom is 0.302 e. The molecule has 9 nitrogen and oxygen atoms in total. The Bertz CT molecular complexity index is 1070. The molecule has 0 amide bonds. The minimum atomic E-state index is -4.91. The van der Waals surface area contributed by atoms with Crippen LogP contribution in [0.2, 0.25) is 0 Å². The van der Waals surface area contributed by atoms with Crippen molar-refractivity contribution in [3.8, 4) is 0 Å². The SMILES string of the molecule is O=[N+]([O-])c1cccc(C=Cc2ccccc2S(=O)(=O)O)c1S(=O)(=O)O. The Balaban J connectivity index is 2.66. The normalized spacial score (nSPS) is 12.4. The highest BCUT2D eigenvalue weighted by Gasteiger charge is 2.26. The van der Waals surface area contributed by atoms with Gasteiger partial charge in [-0.2, -0.15) is 16.8 Å². The summed E-state index contributed by atoms with van der Waals surface area (Å²) in [5.74, 6) is 0. The van der Waals surface area contributed by atoms with E-state index in [4.69, 9.17) is 0 Å². The molecule has 0 aromatic heterocycles. The largest absolute Gasteiger partial charge is 0.302 e. The Morgan fingerprint density at radius 2 is 1.40 bits per heavy atom. The van der Waals surface area contributed by atoms with Crippen molar-refractivity contribution in [2.45, 2.75) is 9.79 Å². The second kappa shape index (κ2) is 6.72. The minimum Gasteiger partial charge on any atom is -0.282 e. The Labute approximate surface area is 142 Å². The smallest absolute Gasteiger partial charge is 0.282 e. The molecule has 0 unspecified atom stereocenters. The van der Waals surface area contributed by atoms with Crippen molar-refractivity contribution in [3.05, 3.63) is 63.7 Å². The molecule has 0 bridgehead atoms. The van der Waals surface area contributed by atoms with Crippen molar-refractivity contribution in [2.75, 3.05) is 0 Å². The van der Waals surface area contributed by atoms with Crippen LogP contribution in [-0.2, 0) is 20.2 Å². The first kappa shape index (κ1) is 18.7. The van der Waals surface area contributed by atoms with Crippen LogP contribution >= 0.6 is 0 Å². The van der Waals surface area contributed by atoms with Crippen LogP contribution in [0.25, 0.3) is 12.2 Å². The molecule has 0 aliphatic rings. The highest BCUT2D eigenvalue weighted by atomic mass is 32.2. The summed E-state index contributed by atoms with van der Waals surface area (Å²) in [7, 11) is -9.44. The van der Waals surface area contributed by atoms with E-state index in [-0.39, 0.29) is 11.1 Å². The number of hydrogen-bond acceptors (Lipinski definition) is 6. The summed E-state index contributed by atoms with van der Waals surface area (Å²) < 4.78 is 64.1. The van der Waals surface area contributed by atoms with Crippen molar-refractivity contribution in [1.29, 1.82) is 0 Å². The van der Waals surface area contributed by atoms with Crippen LogP contribution in [0.4, 0.5) is 5.69 Å². The van der Waals surface area contributed by atoms with Crippen LogP contribution < -0.4 is 0 Å². The molecule has 2 aromatic carbocycles. The predicted octanol–water partition coefficient (Wildman–Crippen LogP) is 2.26. The fourth-order valence-electron chi connectivity index (χ4n) is 2.13. The molecular weight excluding hydrogens is 374 g/mol. The molecule has 2 N–H and O–H groups in total. The van der Waals surface area contributed by atoms with Crippen LogP contribution in [-0.4, -0.2) is 30.9 Å². The molecule has 2 aromatic rings. The third-order valence-corrected chi connectivity index (χ3v) is 5.01. The molecule has 0 fully saturated rings. The average Bonchev–Trinajstić information content (AvgIpc) is 2.51. The number of hydrogen-bond donors (Lipinski definition) is 2. The number of nitrogens with zero attached hydrogens (tertiary/aromatic N) is 1. The number of benzene rings is 2. The van der Waals surface area contributed by atoms with E-state index in [2.05, 4.69) is 0 Å². The van der Waals surface area contributed by atoms with Crippen molar-refractivity contribution >= 4 is 38.1 Å². The van der Waals surface area contributed by atoms with Crippen LogP contribution in [0.1, 0.15) is 11.1 Å². The molecule has 0 saturated carbocycles. The summed E-state index contributed by atoms with van der Waals surface area (Å²) in [4.78, 5) is 8.67. The highest BCUT2D eigenvalue weighted by molar-refractivity contribution is 7.86. The quantitative estimate of drug-likeness (QED) is 0.344. The first-order valence-electron chi connectivity index (χ1n) is 6.51. The van der Waals surface area contributed by atoms with Crippen LogP contribution in [0.3, 0.4) is 0 Å². The third kappa shape index (κ3) is 4.28. The maximum absolute atomic E-state index is 11.5. The van der Waals surface area contributed by atoms with E-state index < -0.39 is 40.6 Å². The molecule has 0 aliphatic heterocycles. The van der Waals surface area contributed by atoms with Gasteiger partial charge in [-0.15, -0.1) is 0 Å². The van der Waals surface area contributed by atoms with Gasteiger partial charge in [-0.3, -0.25) is 19.2 Å². The second-order valence-electron chi connectivity index (χ2n) is 4.77. The lowest BCUT2D eigenvalue weighted by Gasteiger charge is -2.05. The lowest BCUT2D eigenvalue weighted by Crippen LogP contribution is -2.05. The van der Waals surface area contributed by atoms with Crippen molar-refractivity contribution in [2.24, 2.45) is 0 Å². The summed E-state index contributed by atoms with van der Waals surface area (Å²) >= 11 is 0. The summed E-state index contributed by atoms with van der Waals surface area (Å²) in [6.07, 6.45) is 2.23. The van der Waals surface area contributed by atoms with Crippen molar-refractivity contribution in [1.82, 2.24) is 0 Å². The molecule has 0 atom stereocenters. The second-order valence-corrected chi connectivity index (χ2v) is 7.52. The zero-order valence-corrected chi connectivity index (χ0v) is 13.9. The Kier molecular flexibility index (Phi) is 5.04. The molecule has 25 heavy (non-hydrogen) atoms. The monoisotopic (exact) mass is 385 g/mol. The average molecular weight is 385 g/mol. The molecule has 0 aliphatic carbocycles. The minimum absolute atomic E-state index is 0.0257. The van der Waals surface area contributed by atoms with Gasteiger partial charge < -0.3 is 0 Å². The predicted molar refractivity (Wildman–Crippen MR) is 88.1 cm³/mol. The molecule has 0 radical (unpaired) electrons. The van der Waals surface area contributed by atoms with E-state index in [1.165, 1.54) is 30.3 Å². The fourth-order valence-corrected chi connectivity index (χ4v) is 3.66. The zero-order chi connectivity index (χ0) is 18.8. The summed E-state index contributed by atoms with van der Waals surface area (Å²) in [6, 6.07) is 8.63. The maximum atomic E-state index is 11.5. The van der Waals surface area contributed by atoms with E-state index >= 15 is 0 Å². The van der Waals surface area contributed by atoms with Gasteiger partial charge in [0.25, 0.3) is 15.8 Å². The molecule has 132 valence electrons. The number of nitro benzene ring substituents is 1. The Hall–Kier alpha value is -2.60. The van der Waals surface area contributed by atoms with Gasteiger partial charge in [-0.1, -0.05) is 42.5 Å². The van der Waals surface area contributed by atoms with E-state index in [1.54, 1.807) is 0 Å². The lowest BCUT2D eigenvalue weighted by atomic mass is 10.1. The van der Waals surface area contributed by atoms with Crippen LogP contribution in [0.5, 0.6) is 0 Å². The third-order valence-electron chi connectivity index (χ3n) is 3.12. The van der Waals surface area contributed by atoms with E-state index in [0.717, 1.165) is 24.3 Å². The summed E-state index contributed by atoms with van der Waals surface area (Å²) in [6.45, 7) is 0. The van der Waals surface area contributed by atoms with Crippen molar-refractivity contribution in [3.63, 3.8) is 0 Å². The standard InChI is InChI=1S/C14H11NO8S2/c16-15(17)12-6-3-5-11(14(12)25(21,22)23)9-8-10-4-1-2-7-13(10)24(18,19)20/h1-9H,(H,18,19,20)(H,21,22,23). The van der Waals surface area contributed by atoms with Gasteiger partial charge in [0.15, 0.2) is 4.90 Å². The molecule has 0 heterocycles. The van der Waals surface area contributed by atoms with E-state index in [9.17, 15) is 36.1 Å². The highest BCUT2D eigenvalue weighted by Crippen LogP contribution is 2.29. The van der Waals surface area contributed by atoms with E-state index in [0.29, 0.717) is 0 Å². The van der Waals surface area contributed by atoms with Gasteiger partial charge in [-0.25, -0.2) is 0 Å². The van der Waals surface area contributed by atoms with Crippen LogP contribution in [0, 0.1) is 10.1 Å². The number of nitro groups is 1. The van der Waals surface area contributed by atoms with E-state index in [1.807, 2.05) is 0 Å². The van der Waals surface area contributed by atoms with Crippen LogP contribution in [0.15, 0.2) is 52.3 Å². The van der Waals surface area contributed by atoms with Gasteiger partial charge in [0, 0.05) is 11.6 Å². The molecule has 2 rings (SSSR count). The van der Waals surface area contributed by atoms with Gasteiger partial charge >= 0.3 is 10.1 Å². The summed E-state index contributed by atoms with van der Waals surface area (Å²) in [5.41, 5.74) is -1.02.